The zero-order chi connectivity index (χ0) is 11.4. The van der Waals surface area contributed by atoms with Crippen molar-refractivity contribution < 1.29 is 22.7 Å². The second-order valence-corrected chi connectivity index (χ2v) is 3.64. The Morgan fingerprint density at radius 1 is 1.40 bits per heavy atom. The van der Waals surface area contributed by atoms with Crippen LogP contribution in [0.15, 0.2) is 23.1 Å². The van der Waals surface area contributed by atoms with Crippen LogP contribution in [-0.2, 0) is 15.4 Å². The molecule has 0 spiro atoms. The van der Waals surface area contributed by atoms with E-state index in [0.29, 0.717) is 6.29 Å². The Morgan fingerprint density at radius 3 is 2.53 bits per heavy atom. The van der Waals surface area contributed by atoms with Crippen molar-refractivity contribution in [2.45, 2.75) is 4.90 Å². The van der Waals surface area contributed by atoms with Crippen LogP contribution in [0.5, 0.6) is 0 Å². The van der Waals surface area contributed by atoms with Gasteiger partial charge in [-0.2, -0.15) is 0 Å². The van der Waals surface area contributed by atoms with Gasteiger partial charge in [-0.25, -0.2) is 13.2 Å². The fourth-order valence-corrected chi connectivity index (χ4v) is 1.67. The number of hydrogen-bond donors (Lipinski definition) is 1. The summed E-state index contributed by atoms with van der Waals surface area (Å²) < 4.78 is 26.1. The van der Waals surface area contributed by atoms with Crippen molar-refractivity contribution in [3.63, 3.8) is 0 Å². The van der Waals surface area contributed by atoms with Crippen molar-refractivity contribution in [3.05, 3.63) is 29.3 Å². The Morgan fingerprint density at radius 2 is 2.07 bits per heavy atom. The third-order valence-corrected chi connectivity index (χ3v) is 2.52. The molecule has 1 aromatic carbocycles. The van der Waals surface area contributed by atoms with E-state index >= 15 is 0 Å². The van der Waals surface area contributed by atoms with Gasteiger partial charge in [0.2, 0.25) is 0 Å². The molecular weight excluding hydrogens is 220 g/mol. The highest BCUT2D eigenvalue weighted by Crippen LogP contribution is 2.13. The van der Waals surface area contributed by atoms with Crippen LogP contribution in [0.3, 0.4) is 0 Å². The van der Waals surface area contributed by atoms with E-state index in [1.165, 1.54) is 12.1 Å². The Hall–Kier alpha value is -1.69. The van der Waals surface area contributed by atoms with Crippen molar-refractivity contribution in [3.8, 4) is 0 Å². The van der Waals surface area contributed by atoms with Crippen LogP contribution in [0.25, 0.3) is 0 Å². The van der Waals surface area contributed by atoms with E-state index in [0.717, 1.165) is 13.2 Å². The second-order valence-electron chi connectivity index (χ2n) is 2.64. The van der Waals surface area contributed by atoms with Crippen molar-refractivity contribution in [1.82, 2.24) is 0 Å². The molecule has 0 aliphatic rings. The van der Waals surface area contributed by atoms with Crippen molar-refractivity contribution in [2.75, 3.05) is 7.11 Å². The summed E-state index contributed by atoms with van der Waals surface area (Å²) in [7, 11) is -1.79. The molecule has 15 heavy (non-hydrogen) atoms. The van der Waals surface area contributed by atoms with Crippen molar-refractivity contribution >= 4 is 23.0 Å². The molecule has 5 nitrogen and oxygen atoms in total. The van der Waals surface area contributed by atoms with Gasteiger partial charge in [-0.05, 0) is 12.1 Å². The molecule has 0 unspecified atom stereocenters. The fourth-order valence-electron chi connectivity index (χ4n) is 1.06. The molecule has 0 heterocycles. The monoisotopic (exact) mass is 228 g/mol. The number of rotatable bonds is 3. The minimum absolute atomic E-state index is 0.0702. The summed E-state index contributed by atoms with van der Waals surface area (Å²) in [5, 5.41) is 0. The SMILES string of the molecule is COC(=O)c1ccc(C=O)cc1[SH](=O)=O. The first-order valence-corrected chi connectivity index (χ1v) is 5.10. The van der Waals surface area contributed by atoms with Gasteiger partial charge >= 0.3 is 5.97 Å². The zero-order valence-electron chi connectivity index (χ0n) is 7.80. The van der Waals surface area contributed by atoms with E-state index in [9.17, 15) is 18.0 Å². The number of thiol groups is 1. The molecule has 0 aromatic heterocycles. The molecule has 1 aromatic rings. The summed E-state index contributed by atoms with van der Waals surface area (Å²) in [6, 6.07) is 3.72. The first-order chi connectivity index (χ1) is 7.10. The van der Waals surface area contributed by atoms with Crippen LogP contribution in [0.1, 0.15) is 20.7 Å². The largest absolute Gasteiger partial charge is 0.465 e. The second kappa shape index (κ2) is 4.70. The lowest BCUT2D eigenvalue weighted by Crippen LogP contribution is -2.05. The van der Waals surface area contributed by atoms with Gasteiger partial charge in [0.1, 0.15) is 6.29 Å². The van der Waals surface area contributed by atoms with E-state index in [-0.39, 0.29) is 16.0 Å². The Balaban J connectivity index is 3.39. The lowest BCUT2D eigenvalue weighted by atomic mass is 10.1. The van der Waals surface area contributed by atoms with Gasteiger partial charge in [0.25, 0.3) is 0 Å². The Bertz CT molecular complexity index is 467. The van der Waals surface area contributed by atoms with E-state index in [1.54, 1.807) is 0 Å². The van der Waals surface area contributed by atoms with Gasteiger partial charge in [-0.3, -0.25) is 4.79 Å². The summed E-state index contributed by atoms with van der Waals surface area (Å²) in [6.07, 6.45) is 0.503. The van der Waals surface area contributed by atoms with Gasteiger partial charge < -0.3 is 4.74 Å². The minimum Gasteiger partial charge on any atom is -0.465 e. The third kappa shape index (κ3) is 2.41. The van der Waals surface area contributed by atoms with Gasteiger partial charge in [0.15, 0.2) is 10.7 Å². The van der Waals surface area contributed by atoms with Gasteiger partial charge in [-0.1, -0.05) is 6.07 Å². The molecule has 80 valence electrons. The number of carbonyl (C=O) groups excluding carboxylic acids is 2. The quantitative estimate of drug-likeness (QED) is 0.456. The number of carbonyl (C=O) groups is 2. The normalized spacial score (nSPS) is 10.0. The van der Waals surface area contributed by atoms with Gasteiger partial charge in [0, 0.05) is 5.56 Å². The highest BCUT2D eigenvalue weighted by atomic mass is 32.2. The van der Waals surface area contributed by atoms with Crippen LogP contribution in [0.4, 0.5) is 0 Å². The molecule has 0 radical (unpaired) electrons. The number of methoxy groups -OCH3 is 1. The molecule has 0 aliphatic carbocycles. The Labute approximate surface area is 87.6 Å². The topological polar surface area (TPSA) is 77.5 Å². The maximum atomic E-state index is 11.2. The van der Waals surface area contributed by atoms with Crippen molar-refractivity contribution in [1.29, 1.82) is 0 Å². The number of aldehydes is 1. The van der Waals surface area contributed by atoms with Crippen LogP contribution in [-0.4, -0.2) is 27.8 Å². The molecule has 0 fully saturated rings. The van der Waals surface area contributed by atoms with E-state index in [4.69, 9.17) is 0 Å². The van der Waals surface area contributed by atoms with Gasteiger partial charge in [-0.15, -0.1) is 0 Å². The molecular formula is C9H8O5S. The standard InChI is InChI=1S/C9H8O5S/c1-14-9(11)7-3-2-6(5-10)4-8(7)15(12)13/h2-5,15H,1H3. The number of ether oxygens (including phenoxy) is 1. The van der Waals surface area contributed by atoms with Crippen LogP contribution in [0.2, 0.25) is 0 Å². The maximum absolute atomic E-state index is 11.2. The van der Waals surface area contributed by atoms with E-state index in [1.807, 2.05) is 0 Å². The highest BCUT2D eigenvalue weighted by molar-refractivity contribution is 7.72. The minimum atomic E-state index is -2.94. The lowest BCUT2D eigenvalue weighted by Gasteiger charge is -2.02. The summed E-state index contributed by atoms with van der Waals surface area (Å²) in [5.41, 5.74) is 0.121. The van der Waals surface area contributed by atoms with E-state index < -0.39 is 16.7 Å². The summed E-state index contributed by atoms with van der Waals surface area (Å²) >= 11 is 0. The maximum Gasteiger partial charge on any atom is 0.339 e. The number of hydrogen-bond acceptors (Lipinski definition) is 5. The molecule has 0 saturated carbocycles. The lowest BCUT2D eigenvalue weighted by molar-refractivity contribution is 0.0596. The third-order valence-electron chi connectivity index (χ3n) is 1.76. The first kappa shape index (κ1) is 11.4. The molecule has 0 atom stereocenters. The van der Waals surface area contributed by atoms with E-state index in [2.05, 4.69) is 4.74 Å². The predicted molar refractivity (Wildman–Crippen MR) is 51.7 cm³/mol. The predicted octanol–water partition coefficient (Wildman–Crippen LogP) is 0.256. The molecule has 1 rings (SSSR count). The van der Waals surface area contributed by atoms with Crippen molar-refractivity contribution in [2.24, 2.45) is 0 Å². The molecule has 6 heteroatoms. The molecule has 0 bridgehead atoms. The summed E-state index contributed by atoms with van der Waals surface area (Å²) in [5.74, 6) is -0.748. The average molecular weight is 228 g/mol. The van der Waals surface area contributed by atoms with Crippen LogP contribution in [0, 0.1) is 0 Å². The fraction of sp³-hybridized carbons (Fsp3) is 0.111. The highest BCUT2D eigenvalue weighted by Gasteiger charge is 2.13. The van der Waals surface area contributed by atoms with Crippen LogP contribution >= 0.6 is 0 Å². The smallest absolute Gasteiger partial charge is 0.339 e. The number of esters is 1. The molecule has 0 aliphatic heterocycles. The zero-order valence-corrected chi connectivity index (χ0v) is 8.69. The average Bonchev–Trinajstić information content (AvgIpc) is 2.27. The van der Waals surface area contributed by atoms with Crippen LogP contribution < -0.4 is 0 Å². The summed E-state index contributed by atoms with van der Waals surface area (Å²) in [6.45, 7) is 0. The summed E-state index contributed by atoms with van der Waals surface area (Å²) in [4.78, 5) is 21.4. The molecule has 0 N–H and O–H groups in total. The van der Waals surface area contributed by atoms with Gasteiger partial charge in [0.05, 0.1) is 17.6 Å². The molecule has 0 amide bonds. The molecule has 0 saturated heterocycles. The Kier molecular flexibility index (Phi) is 3.56. The first-order valence-electron chi connectivity index (χ1n) is 3.92. The number of benzene rings is 1.